The first-order valence-corrected chi connectivity index (χ1v) is 6.17. The van der Waals surface area contributed by atoms with Gasteiger partial charge in [-0.05, 0) is 46.0 Å². The van der Waals surface area contributed by atoms with Gasteiger partial charge in [0.25, 0.3) is 0 Å². The molecule has 0 saturated carbocycles. The third-order valence-electron chi connectivity index (χ3n) is 2.80. The molecule has 0 amide bonds. The fourth-order valence-electron chi connectivity index (χ4n) is 1.89. The number of rotatable bonds is 7. The summed E-state index contributed by atoms with van der Waals surface area (Å²) in [5, 5.41) is 4.46. The summed E-state index contributed by atoms with van der Waals surface area (Å²) in [6.07, 6.45) is 1.06. The molecule has 0 aromatic carbocycles. The summed E-state index contributed by atoms with van der Waals surface area (Å²) in [7, 11) is 0. The monoisotopic (exact) mass is 224 g/mol. The third-order valence-corrected chi connectivity index (χ3v) is 2.80. The normalized spacial score (nSPS) is 11.3. The minimum Gasteiger partial charge on any atom is -0.330 e. The molecular weight excluding hydrogens is 200 g/mol. The van der Waals surface area contributed by atoms with E-state index in [-0.39, 0.29) is 0 Å². The number of aryl methyl sites for hydroxylation is 2. The van der Waals surface area contributed by atoms with E-state index in [0.717, 1.165) is 44.8 Å². The Balaban J connectivity index is 2.61. The molecule has 0 bridgehead atoms. The molecule has 0 aliphatic rings. The summed E-state index contributed by atoms with van der Waals surface area (Å²) < 4.78 is 2.08. The standard InChI is InChI=1S/C12H24N4/c1-4-15(8-6-7-13)10-12-9-11(3)14-16(12)5-2/h9H,4-8,10,13H2,1-3H3. The molecule has 1 heterocycles. The van der Waals surface area contributed by atoms with Crippen molar-refractivity contribution >= 4 is 0 Å². The molecule has 0 spiro atoms. The van der Waals surface area contributed by atoms with Crippen molar-refractivity contribution in [3.63, 3.8) is 0 Å². The van der Waals surface area contributed by atoms with Crippen LogP contribution in [-0.2, 0) is 13.1 Å². The predicted molar refractivity (Wildman–Crippen MR) is 67.3 cm³/mol. The number of aromatic nitrogens is 2. The van der Waals surface area contributed by atoms with Crippen LogP contribution in [0.5, 0.6) is 0 Å². The van der Waals surface area contributed by atoms with Gasteiger partial charge in [0.2, 0.25) is 0 Å². The fourth-order valence-corrected chi connectivity index (χ4v) is 1.89. The van der Waals surface area contributed by atoms with Gasteiger partial charge in [-0.3, -0.25) is 9.58 Å². The van der Waals surface area contributed by atoms with Gasteiger partial charge in [-0.1, -0.05) is 6.92 Å². The largest absolute Gasteiger partial charge is 0.330 e. The van der Waals surface area contributed by atoms with Crippen LogP contribution < -0.4 is 5.73 Å². The highest BCUT2D eigenvalue weighted by atomic mass is 15.3. The molecule has 1 rings (SSSR count). The topological polar surface area (TPSA) is 47.1 Å². The molecular formula is C12H24N4. The van der Waals surface area contributed by atoms with Crippen molar-refractivity contribution in [2.75, 3.05) is 19.6 Å². The summed E-state index contributed by atoms with van der Waals surface area (Å²) in [6, 6.07) is 2.18. The van der Waals surface area contributed by atoms with Gasteiger partial charge in [0.15, 0.2) is 0 Å². The van der Waals surface area contributed by atoms with E-state index in [1.807, 2.05) is 6.92 Å². The number of hydrogen-bond acceptors (Lipinski definition) is 3. The zero-order valence-electron chi connectivity index (χ0n) is 10.7. The first-order chi connectivity index (χ1) is 7.71. The Morgan fingerprint density at radius 1 is 1.44 bits per heavy atom. The minimum atomic E-state index is 0.766. The second-order valence-electron chi connectivity index (χ2n) is 4.10. The summed E-state index contributed by atoms with van der Waals surface area (Å²) >= 11 is 0. The van der Waals surface area contributed by atoms with E-state index in [4.69, 9.17) is 5.73 Å². The Morgan fingerprint density at radius 3 is 2.75 bits per heavy atom. The second-order valence-corrected chi connectivity index (χ2v) is 4.10. The maximum absolute atomic E-state index is 5.54. The average molecular weight is 224 g/mol. The molecule has 0 unspecified atom stereocenters. The van der Waals surface area contributed by atoms with Crippen LogP contribution >= 0.6 is 0 Å². The van der Waals surface area contributed by atoms with Gasteiger partial charge in [0, 0.05) is 13.1 Å². The Kier molecular flexibility index (Phi) is 5.49. The Hall–Kier alpha value is -0.870. The van der Waals surface area contributed by atoms with E-state index in [0.29, 0.717) is 0 Å². The van der Waals surface area contributed by atoms with Crippen molar-refractivity contribution in [1.82, 2.24) is 14.7 Å². The van der Waals surface area contributed by atoms with Gasteiger partial charge in [-0.15, -0.1) is 0 Å². The molecule has 16 heavy (non-hydrogen) atoms. The smallest absolute Gasteiger partial charge is 0.0597 e. The molecule has 1 aromatic heterocycles. The predicted octanol–water partition coefficient (Wildman–Crippen LogP) is 1.38. The van der Waals surface area contributed by atoms with Crippen LogP contribution in [0.4, 0.5) is 0 Å². The fraction of sp³-hybridized carbons (Fsp3) is 0.750. The summed E-state index contributed by atoms with van der Waals surface area (Å²) in [6.45, 7) is 11.2. The van der Waals surface area contributed by atoms with Crippen LogP contribution in [0.15, 0.2) is 6.07 Å². The lowest BCUT2D eigenvalue weighted by atomic mass is 10.3. The molecule has 0 radical (unpaired) electrons. The van der Waals surface area contributed by atoms with E-state index < -0.39 is 0 Å². The van der Waals surface area contributed by atoms with Crippen LogP contribution in [0.1, 0.15) is 31.7 Å². The van der Waals surface area contributed by atoms with Gasteiger partial charge in [-0.25, -0.2) is 0 Å². The molecule has 0 fully saturated rings. The molecule has 1 aromatic rings. The summed E-state index contributed by atoms with van der Waals surface area (Å²) in [5.41, 5.74) is 7.95. The lowest BCUT2D eigenvalue weighted by Crippen LogP contribution is -2.27. The third kappa shape index (κ3) is 3.61. The number of nitrogens with two attached hydrogens (primary N) is 1. The van der Waals surface area contributed by atoms with Crippen LogP contribution in [0.3, 0.4) is 0 Å². The first kappa shape index (κ1) is 13.2. The highest BCUT2D eigenvalue weighted by molar-refractivity contribution is 5.08. The minimum absolute atomic E-state index is 0.766. The Morgan fingerprint density at radius 2 is 2.19 bits per heavy atom. The molecule has 0 aliphatic heterocycles. The Bertz CT molecular complexity index is 306. The zero-order chi connectivity index (χ0) is 12.0. The molecule has 4 nitrogen and oxygen atoms in total. The Labute approximate surface area is 98.4 Å². The highest BCUT2D eigenvalue weighted by Crippen LogP contribution is 2.07. The van der Waals surface area contributed by atoms with Crippen molar-refractivity contribution in [3.8, 4) is 0 Å². The van der Waals surface area contributed by atoms with Gasteiger partial charge in [0.1, 0.15) is 0 Å². The van der Waals surface area contributed by atoms with E-state index in [1.54, 1.807) is 0 Å². The molecule has 4 heteroatoms. The van der Waals surface area contributed by atoms with Crippen molar-refractivity contribution in [2.24, 2.45) is 5.73 Å². The summed E-state index contributed by atoms with van der Waals surface area (Å²) in [5.74, 6) is 0. The lowest BCUT2D eigenvalue weighted by Gasteiger charge is -2.20. The maximum atomic E-state index is 5.54. The average Bonchev–Trinajstić information content (AvgIpc) is 2.64. The van der Waals surface area contributed by atoms with E-state index in [9.17, 15) is 0 Å². The molecule has 0 saturated heterocycles. The molecule has 92 valence electrons. The van der Waals surface area contributed by atoms with E-state index >= 15 is 0 Å². The maximum Gasteiger partial charge on any atom is 0.0597 e. The van der Waals surface area contributed by atoms with Gasteiger partial charge in [-0.2, -0.15) is 5.10 Å². The molecule has 0 atom stereocenters. The molecule has 2 N–H and O–H groups in total. The SMILES string of the molecule is CCN(CCCN)Cc1cc(C)nn1CC. The van der Waals surface area contributed by atoms with Gasteiger partial charge in [0.05, 0.1) is 11.4 Å². The quantitative estimate of drug-likeness (QED) is 0.761. The van der Waals surface area contributed by atoms with Crippen LogP contribution in [0, 0.1) is 6.92 Å². The lowest BCUT2D eigenvalue weighted by molar-refractivity contribution is 0.269. The van der Waals surface area contributed by atoms with Crippen LogP contribution in [0.25, 0.3) is 0 Å². The number of nitrogens with zero attached hydrogens (tertiary/aromatic N) is 3. The second kappa shape index (κ2) is 6.66. The van der Waals surface area contributed by atoms with Crippen molar-refractivity contribution in [1.29, 1.82) is 0 Å². The van der Waals surface area contributed by atoms with Gasteiger partial charge >= 0.3 is 0 Å². The van der Waals surface area contributed by atoms with Crippen LogP contribution in [-0.4, -0.2) is 34.3 Å². The van der Waals surface area contributed by atoms with E-state index in [1.165, 1.54) is 5.69 Å². The van der Waals surface area contributed by atoms with E-state index in [2.05, 4.69) is 34.6 Å². The van der Waals surface area contributed by atoms with Crippen molar-refractivity contribution in [2.45, 2.75) is 40.3 Å². The van der Waals surface area contributed by atoms with Crippen molar-refractivity contribution in [3.05, 3.63) is 17.5 Å². The highest BCUT2D eigenvalue weighted by Gasteiger charge is 2.08. The van der Waals surface area contributed by atoms with Crippen LogP contribution in [0.2, 0.25) is 0 Å². The molecule has 0 aliphatic carbocycles. The zero-order valence-corrected chi connectivity index (χ0v) is 10.7. The number of hydrogen-bond donors (Lipinski definition) is 1. The van der Waals surface area contributed by atoms with Crippen molar-refractivity contribution < 1.29 is 0 Å². The summed E-state index contributed by atoms with van der Waals surface area (Å²) in [4.78, 5) is 2.41. The van der Waals surface area contributed by atoms with Gasteiger partial charge < -0.3 is 5.73 Å². The first-order valence-electron chi connectivity index (χ1n) is 6.17.